The molecule has 0 saturated carbocycles. The monoisotopic (exact) mass is 319 g/mol. The number of hydrogen-bond donors (Lipinski definition) is 1. The minimum atomic E-state index is -0.520. The summed E-state index contributed by atoms with van der Waals surface area (Å²) >= 11 is 0. The number of carbonyl (C=O) groups excluding carboxylic acids is 2. The van der Waals surface area contributed by atoms with Gasteiger partial charge in [-0.25, -0.2) is 4.79 Å². The number of likely N-dealkylation sites (tertiary alicyclic amines) is 1. The van der Waals surface area contributed by atoms with Crippen molar-refractivity contribution >= 4 is 12.0 Å². The van der Waals surface area contributed by atoms with Crippen molar-refractivity contribution in [1.82, 2.24) is 15.2 Å². The lowest BCUT2D eigenvalue weighted by atomic mass is 9.97. The molecule has 1 aliphatic heterocycles. The van der Waals surface area contributed by atoms with Gasteiger partial charge in [-0.2, -0.15) is 0 Å². The van der Waals surface area contributed by atoms with Crippen LogP contribution in [0.15, 0.2) is 24.5 Å². The zero-order chi connectivity index (χ0) is 16.9. The van der Waals surface area contributed by atoms with E-state index in [1.165, 1.54) is 0 Å². The lowest BCUT2D eigenvalue weighted by Gasteiger charge is -2.33. The Morgan fingerprint density at radius 3 is 2.70 bits per heavy atom. The average Bonchev–Trinajstić information content (AvgIpc) is 2.52. The molecule has 6 heteroatoms. The van der Waals surface area contributed by atoms with Gasteiger partial charge in [0.2, 0.25) is 5.91 Å². The second-order valence-corrected chi connectivity index (χ2v) is 6.84. The van der Waals surface area contributed by atoms with Gasteiger partial charge in [-0.1, -0.05) is 0 Å². The molecule has 0 unspecified atom stereocenters. The maximum Gasteiger partial charge on any atom is 0.410 e. The molecule has 2 rings (SSSR count). The summed E-state index contributed by atoms with van der Waals surface area (Å²) in [6.45, 7) is 7.06. The molecule has 0 aliphatic carbocycles. The van der Waals surface area contributed by atoms with Crippen molar-refractivity contribution in [1.29, 1.82) is 0 Å². The zero-order valence-electron chi connectivity index (χ0n) is 14.0. The first kappa shape index (κ1) is 17.2. The summed E-state index contributed by atoms with van der Waals surface area (Å²) in [5.74, 6) is -0.201. The zero-order valence-corrected chi connectivity index (χ0v) is 14.0. The topological polar surface area (TPSA) is 71.5 Å². The Morgan fingerprint density at radius 1 is 1.35 bits per heavy atom. The predicted molar refractivity (Wildman–Crippen MR) is 86.6 cm³/mol. The molecule has 1 atom stereocenters. The van der Waals surface area contributed by atoms with E-state index < -0.39 is 5.60 Å². The molecule has 1 aromatic rings. The lowest BCUT2D eigenvalue weighted by molar-refractivity contribution is -0.126. The SMILES string of the molecule is CC(C)(C)OC(=O)N1CCC[C@@H](C(=O)NCc2ccncc2)C1. The fourth-order valence-electron chi connectivity index (χ4n) is 2.52. The molecule has 126 valence electrons. The van der Waals surface area contributed by atoms with Gasteiger partial charge in [-0.3, -0.25) is 9.78 Å². The number of nitrogens with one attached hydrogen (secondary N) is 1. The third-order valence-electron chi connectivity index (χ3n) is 3.66. The van der Waals surface area contributed by atoms with E-state index in [4.69, 9.17) is 4.74 Å². The Hall–Kier alpha value is -2.11. The Kier molecular flexibility index (Phi) is 5.58. The largest absolute Gasteiger partial charge is 0.444 e. The molecule has 1 N–H and O–H groups in total. The lowest BCUT2D eigenvalue weighted by Crippen LogP contribution is -2.46. The highest BCUT2D eigenvalue weighted by Crippen LogP contribution is 2.19. The highest BCUT2D eigenvalue weighted by atomic mass is 16.6. The standard InChI is InChI=1S/C17H25N3O3/c1-17(2,3)23-16(22)20-10-4-5-14(12-20)15(21)19-11-13-6-8-18-9-7-13/h6-9,14H,4-5,10-12H2,1-3H3,(H,19,21)/t14-/m1/s1. The summed E-state index contributed by atoms with van der Waals surface area (Å²) in [7, 11) is 0. The molecular weight excluding hydrogens is 294 g/mol. The molecule has 2 heterocycles. The van der Waals surface area contributed by atoms with Crippen LogP contribution < -0.4 is 5.32 Å². The van der Waals surface area contributed by atoms with Crippen LogP contribution in [0.25, 0.3) is 0 Å². The van der Waals surface area contributed by atoms with E-state index in [-0.39, 0.29) is 17.9 Å². The summed E-state index contributed by atoms with van der Waals surface area (Å²) in [6, 6.07) is 3.74. The molecule has 23 heavy (non-hydrogen) atoms. The molecule has 1 fully saturated rings. The van der Waals surface area contributed by atoms with Crippen LogP contribution in [0.5, 0.6) is 0 Å². The smallest absolute Gasteiger partial charge is 0.410 e. The van der Waals surface area contributed by atoms with Crippen LogP contribution in [0.4, 0.5) is 4.79 Å². The van der Waals surface area contributed by atoms with Crippen molar-refractivity contribution in [2.75, 3.05) is 13.1 Å². The van der Waals surface area contributed by atoms with E-state index in [1.807, 2.05) is 32.9 Å². The Morgan fingerprint density at radius 2 is 2.04 bits per heavy atom. The van der Waals surface area contributed by atoms with Crippen LogP contribution in [0.1, 0.15) is 39.2 Å². The van der Waals surface area contributed by atoms with Crippen molar-refractivity contribution in [3.05, 3.63) is 30.1 Å². The second kappa shape index (κ2) is 7.44. The molecule has 1 aromatic heterocycles. The van der Waals surface area contributed by atoms with Crippen LogP contribution in [0.3, 0.4) is 0 Å². The van der Waals surface area contributed by atoms with Crippen LogP contribution >= 0.6 is 0 Å². The molecule has 1 aliphatic rings. The van der Waals surface area contributed by atoms with Gasteiger partial charge >= 0.3 is 6.09 Å². The van der Waals surface area contributed by atoms with Crippen molar-refractivity contribution in [2.45, 2.75) is 45.8 Å². The predicted octanol–water partition coefficient (Wildman–Crippen LogP) is 2.34. The van der Waals surface area contributed by atoms with Crippen molar-refractivity contribution < 1.29 is 14.3 Å². The molecule has 0 spiro atoms. The van der Waals surface area contributed by atoms with E-state index in [1.54, 1.807) is 17.3 Å². The molecule has 6 nitrogen and oxygen atoms in total. The van der Waals surface area contributed by atoms with E-state index in [2.05, 4.69) is 10.3 Å². The van der Waals surface area contributed by atoms with Gasteiger partial charge in [0.15, 0.2) is 0 Å². The third kappa shape index (κ3) is 5.54. The first-order valence-electron chi connectivity index (χ1n) is 8.00. The van der Waals surface area contributed by atoms with E-state index in [9.17, 15) is 9.59 Å². The van der Waals surface area contributed by atoms with Crippen molar-refractivity contribution in [3.8, 4) is 0 Å². The fraction of sp³-hybridized carbons (Fsp3) is 0.588. The van der Waals surface area contributed by atoms with Crippen LogP contribution in [-0.2, 0) is 16.1 Å². The van der Waals surface area contributed by atoms with E-state index in [0.29, 0.717) is 19.6 Å². The third-order valence-corrected chi connectivity index (χ3v) is 3.66. The summed E-state index contributed by atoms with van der Waals surface area (Å²) in [5, 5.41) is 2.93. The van der Waals surface area contributed by atoms with Gasteiger partial charge in [0.05, 0.1) is 5.92 Å². The van der Waals surface area contributed by atoms with Crippen molar-refractivity contribution in [2.24, 2.45) is 5.92 Å². The normalized spacial score (nSPS) is 18.4. The quantitative estimate of drug-likeness (QED) is 0.928. The maximum atomic E-state index is 12.3. The molecule has 0 radical (unpaired) electrons. The second-order valence-electron chi connectivity index (χ2n) is 6.84. The summed E-state index contributed by atoms with van der Waals surface area (Å²) in [4.78, 5) is 30.0. The Bertz CT molecular complexity index is 540. The van der Waals surface area contributed by atoms with Gasteiger partial charge in [0.1, 0.15) is 5.60 Å². The number of rotatable bonds is 3. The summed E-state index contributed by atoms with van der Waals surface area (Å²) in [6.07, 6.45) is 4.66. The fourth-order valence-corrected chi connectivity index (χ4v) is 2.52. The van der Waals surface area contributed by atoms with Gasteiger partial charge in [0, 0.05) is 32.0 Å². The van der Waals surface area contributed by atoms with Crippen LogP contribution in [0.2, 0.25) is 0 Å². The van der Waals surface area contributed by atoms with E-state index >= 15 is 0 Å². The first-order valence-corrected chi connectivity index (χ1v) is 8.00. The highest BCUT2D eigenvalue weighted by Gasteiger charge is 2.30. The summed E-state index contributed by atoms with van der Waals surface area (Å²) in [5.41, 5.74) is 0.487. The number of nitrogens with zero attached hydrogens (tertiary/aromatic N) is 2. The van der Waals surface area contributed by atoms with Crippen molar-refractivity contribution in [3.63, 3.8) is 0 Å². The molecular formula is C17H25N3O3. The van der Waals surface area contributed by atoms with Gasteiger partial charge in [-0.05, 0) is 51.3 Å². The first-order chi connectivity index (χ1) is 10.8. The Balaban J connectivity index is 1.85. The van der Waals surface area contributed by atoms with Gasteiger partial charge < -0.3 is 15.0 Å². The number of piperidine rings is 1. The highest BCUT2D eigenvalue weighted by molar-refractivity contribution is 5.80. The van der Waals surface area contributed by atoms with E-state index in [0.717, 1.165) is 18.4 Å². The number of amides is 2. The molecule has 0 bridgehead atoms. The molecule has 0 aromatic carbocycles. The Labute approximate surface area is 137 Å². The number of pyridine rings is 1. The maximum absolute atomic E-state index is 12.3. The minimum absolute atomic E-state index is 0.0185. The van der Waals surface area contributed by atoms with Crippen LogP contribution in [-0.4, -0.2) is 40.6 Å². The average molecular weight is 319 g/mol. The number of hydrogen-bond acceptors (Lipinski definition) is 4. The molecule has 2 amide bonds. The number of ether oxygens (including phenoxy) is 1. The van der Waals surface area contributed by atoms with Gasteiger partial charge in [0.25, 0.3) is 0 Å². The number of aromatic nitrogens is 1. The summed E-state index contributed by atoms with van der Waals surface area (Å²) < 4.78 is 5.38. The van der Waals surface area contributed by atoms with Gasteiger partial charge in [-0.15, -0.1) is 0 Å². The van der Waals surface area contributed by atoms with Crippen LogP contribution in [0, 0.1) is 5.92 Å². The molecule has 1 saturated heterocycles. The minimum Gasteiger partial charge on any atom is -0.444 e. The number of carbonyl (C=O) groups is 2.